The average molecular weight is 362 g/mol. The van der Waals surface area contributed by atoms with Crippen molar-refractivity contribution in [2.45, 2.75) is 4.90 Å². The molecule has 0 N–H and O–H groups in total. The Morgan fingerprint density at radius 3 is 2.23 bits per heavy atom. The first-order valence-corrected chi connectivity index (χ1v) is 9.39. The van der Waals surface area contributed by atoms with Gasteiger partial charge in [-0.15, -0.1) is 0 Å². The summed E-state index contributed by atoms with van der Waals surface area (Å²) in [6.07, 6.45) is 3.01. The van der Waals surface area contributed by atoms with Gasteiger partial charge in [0.15, 0.2) is 0 Å². The molecule has 0 radical (unpaired) electrons. The fourth-order valence-electron chi connectivity index (χ4n) is 2.90. The van der Waals surface area contributed by atoms with Gasteiger partial charge in [-0.25, -0.2) is 12.4 Å². The minimum atomic E-state index is -3.93. The summed E-state index contributed by atoms with van der Waals surface area (Å²) in [4.78, 5) is 17.0. The van der Waals surface area contributed by atoms with Crippen molar-refractivity contribution in [2.75, 3.05) is 0 Å². The van der Waals surface area contributed by atoms with Gasteiger partial charge in [0.25, 0.3) is 10.0 Å². The smallest absolute Gasteiger partial charge is 0.268 e. The zero-order valence-corrected chi connectivity index (χ0v) is 14.4. The van der Waals surface area contributed by atoms with Crippen LogP contribution in [0.5, 0.6) is 0 Å². The molecule has 26 heavy (non-hydrogen) atoms. The Kier molecular flexibility index (Phi) is 3.89. The van der Waals surface area contributed by atoms with Crippen LogP contribution in [0.15, 0.2) is 90.1 Å². The van der Waals surface area contributed by atoms with Crippen LogP contribution in [0.1, 0.15) is 16.1 Å². The van der Waals surface area contributed by atoms with Crippen LogP contribution in [-0.2, 0) is 10.0 Å². The molecular weight excluding hydrogens is 348 g/mol. The number of hydrogen-bond acceptors (Lipinski definition) is 4. The molecule has 128 valence electrons. The van der Waals surface area contributed by atoms with Crippen molar-refractivity contribution in [1.82, 2.24) is 8.96 Å². The third-order valence-corrected chi connectivity index (χ3v) is 5.87. The van der Waals surface area contributed by atoms with E-state index >= 15 is 0 Å². The molecule has 0 saturated heterocycles. The van der Waals surface area contributed by atoms with Crippen molar-refractivity contribution in [3.05, 3.63) is 96.4 Å². The maximum Gasteiger partial charge on any atom is 0.268 e. The minimum Gasteiger partial charge on any atom is -0.287 e. The van der Waals surface area contributed by atoms with E-state index in [1.54, 1.807) is 54.6 Å². The van der Waals surface area contributed by atoms with Crippen LogP contribution >= 0.6 is 0 Å². The van der Waals surface area contributed by atoms with Gasteiger partial charge in [-0.1, -0.05) is 36.4 Å². The normalized spacial score (nSPS) is 11.5. The highest BCUT2D eigenvalue weighted by Gasteiger charge is 2.26. The van der Waals surface area contributed by atoms with E-state index in [4.69, 9.17) is 0 Å². The molecule has 0 unspecified atom stereocenters. The molecule has 0 saturated carbocycles. The zero-order chi connectivity index (χ0) is 18.1. The van der Waals surface area contributed by atoms with Crippen molar-refractivity contribution >= 4 is 26.7 Å². The molecule has 0 spiro atoms. The Hall–Kier alpha value is -3.25. The summed E-state index contributed by atoms with van der Waals surface area (Å²) < 4.78 is 27.7. The third-order valence-electron chi connectivity index (χ3n) is 4.12. The second-order valence-corrected chi connectivity index (χ2v) is 7.52. The van der Waals surface area contributed by atoms with Gasteiger partial charge in [-0.3, -0.25) is 9.78 Å². The topological polar surface area (TPSA) is 69.0 Å². The highest BCUT2D eigenvalue weighted by molar-refractivity contribution is 7.90. The molecule has 2 heterocycles. The number of para-hydroxylation sites is 1. The van der Waals surface area contributed by atoms with Gasteiger partial charge >= 0.3 is 0 Å². The van der Waals surface area contributed by atoms with Gasteiger partial charge in [0, 0.05) is 23.3 Å². The fraction of sp³-hybridized carbons (Fsp3) is 0. The van der Waals surface area contributed by atoms with Crippen molar-refractivity contribution < 1.29 is 13.2 Å². The Morgan fingerprint density at radius 1 is 0.846 bits per heavy atom. The lowest BCUT2D eigenvalue weighted by Crippen LogP contribution is -2.19. The fourth-order valence-corrected chi connectivity index (χ4v) is 4.43. The largest absolute Gasteiger partial charge is 0.287 e. The van der Waals surface area contributed by atoms with Crippen molar-refractivity contribution in [3.8, 4) is 0 Å². The van der Waals surface area contributed by atoms with Crippen LogP contribution in [-0.4, -0.2) is 23.2 Å². The van der Waals surface area contributed by atoms with E-state index in [1.807, 2.05) is 6.07 Å². The Morgan fingerprint density at radius 2 is 1.50 bits per heavy atom. The number of nitrogens with zero attached hydrogens (tertiary/aromatic N) is 2. The van der Waals surface area contributed by atoms with Crippen LogP contribution in [0.25, 0.3) is 10.9 Å². The van der Waals surface area contributed by atoms with Gasteiger partial charge in [0.2, 0.25) is 5.78 Å². The number of carbonyl (C=O) groups excluding carboxylic acids is 1. The number of ketones is 1. The molecule has 0 amide bonds. The molecule has 0 aliphatic rings. The maximum atomic E-state index is 13.3. The van der Waals surface area contributed by atoms with Gasteiger partial charge in [-0.2, -0.15) is 0 Å². The number of benzene rings is 2. The Bertz CT molecular complexity index is 1200. The lowest BCUT2D eigenvalue weighted by atomic mass is 10.1. The molecule has 4 rings (SSSR count). The summed E-state index contributed by atoms with van der Waals surface area (Å²) in [7, 11) is -3.93. The first-order valence-electron chi connectivity index (χ1n) is 7.95. The van der Waals surface area contributed by atoms with Crippen molar-refractivity contribution in [1.29, 1.82) is 0 Å². The third kappa shape index (κ3) is 2.60. The number of fused-ring (bicyclic) bond motifs is 1. The molecule has 2 aromatic heterocycles. The van der Waals surface area contributed by atoms with E-state index in [9.17, 15) is 13.2 Å². The predicted molar refractivity (Wildman–Crippen MR) is 98.6 cm³/mol. The summed E-state index contributed by atoms with van der Waals surface area (Å²) in [5.74, 6) is -0.372. The van der Waals surface area contributed by atoms with Crippen LogP contribution in [0.4, 0.5) is 0 Å². The molecule has 5 nitrogen and oxygen atoms in total. The summed E-state index contributed by atoms with van der Waals surface area (Å²) >= 11 is 0. The van der Waals surface area contributed by atoms with Gasteiger partial charge in [0.1, 0.15) is 5.69 Å². The standard InChI is InChI=1S/C20H14N2O3S/c23-20(15-10-12-21-13-11-15)19-14-16-6-4-5-9-18(16)22(19)26(24,25)17-7-2-1-3-8-17/h1-14H. The van der Waals surface area contributed by atoms with Gasteiger partial charge in [-0.05, 0) is 36.4 Å². The summed E-state index contributed by atoms with van der Waals surface area (Å²) in [5, 5.41) is 0.685. The SMILES string of the molecule is O=C(c1ccncc1)c1cc2ccccc2n1S(=O)(=O)c1ccccc1. The number of aromatic nitrogens is 2. The van der Waals surface area contributed by atoms with E-state index in [-0.39, 0.29) is 16.4 Å². The summed E-state index contributed by atoms with van der Waals surface area (Å²) in [6.45, 7) is 0. The molecule has 0 atom stereocenters. The van der Waals surface area contributed by atoms with Gasteiger partial charge < -0.3 is 0 Å². The lowest BCUT2D eigenvalue weighted by Gasteiger charge is -2.11. The molecule has 0 aliphatic carbocycles. The molecular formula is C20H14N2O3S. The molecule has 0 bridgehead atoms. The van der Waals surface area contributed by atoms with E-state index < -0.39 is 10.0 Å². The van der Waals surface area contributed by atoms with Crippen molar-refractivity contribution in [3.63, 3.8) is 0 Å². The number of pyridine rings is 1. The number of hydrogen-bond donors (Lipinski definition) is 0. The number of carbonyl (C=O) groups is 1. The Balaban J connectivity index is 2.01. The summed E-state index contributed by atoms with van der Waals surface area (Å²) in [5.41, 5.74) is 0.947. The maximum absolute atomic E-state index is 13.3. The predicted octanol–water partition coefficient (Wildman–Crippen LogP) is 3.50. The van der Waals surface area contributed by atoms with Crippen LogP contribution in [0, 0.1) is 0 Å². The Labute approximate surface area is 150 Å². The molecule has 0 fully saturated rings. The summed E-state index contributed by atoms with van der Waals surface area (Å²) in [6, 6.07) is 19.9. The van der Waals surface area contributed by atoms with E-state index in [0.29, 0.717) is 16.5 Å². The highest BCUT2D eigenvalue weighted by atomic mass is 32.2. The molecule has 6 heteroatoms. The quantitative estimate of drug-likeness (QED) is 0.521. The molecule has 0 aliphatic heterocycles. The molecule has 2 aromatic carbocycles. The highest BCUT2D eigenvalue weighted by Crippen LogP contribution is 2.27. The van der Waals surface area contributed by atoms with E-state index in [2.05, 4.69) is 4.98 Å². The van der Waals surface area contributed by atoms with Gasteiger partial charge in [0.05, 0.1) is 10.4 Å². The van der Waals surface area contributed by atoms with Crippen LogP contribution in [0.3, 0.4) is 0 Å². The minimum absolute atomic E-state index is 0.0984. The number of rotatable bonds is 4. The average Bonchev–Trinajstić information content (AvgIpc) is 3.09. The van der Waals surface area contributed by atoms with Crippen LogP contribution in [0.2, 0.25) is 0 Å². The monoisotopic (exact) mass is 362 g/mol. The van der Waals surface area contributed by atoms with E-state index in [0.717, 1.165) is 3.97 Å². The molecule has 4 aromatic rings. The lowest BCUT2D eigenvalue weighted by molar-refractivity contribution is 0.103. The van der Waals surface area contributed by atoms with E-state index in [1.165, 1.54) is 24.5 Å². The zero-order valence-electron chi connectivity index (χ0n) is 13.6. The first kappa shape index (κ1) is 16.2. The second-order valence-electron chi connectivity index (χ2n) is 5.74. The first-order chi connectivity index (χ1) is 12.6. The van der Waals surface area contributed by atoms with Crippen molar-refractivity contribution in [2.24, 2.45) is 0 Å². The second kappa shape index (κ2) is 6.24. The van der Waals surface area contributed by atoms with Crippen LogP contribution < -0.4 is 0 Å².